The van der Waals surface area contributed by atoms with E-state index >= 15 is 0 Å². The Balaban J connectivity index is 3.60. The second-order valence-electron chi connectivity index (χ2n) is 15.2. The van der Waals surface area contributed by atoms with Gasteiger partial charge in [-0.25, -0.2) is 4.79 Å². The molecule has 0 bridgehead atoms. The molecule has 1 aliphatic heterocycles. The average Bonchev–Trinajstić information content (AvgIpc) is 3.00. The molecule has 0 aromatic carbocycles. The predicted molar refractivity (Wildman–Crippen MR) is 155 cm³/mol. The summed E-state index contributed by atoms with van der Waals surface area (Å²) in [4.78, 5) is 53.9. The zero-order valence-electron chi connectivity index (χ0n) is 26.4. The van der Waals surface area contributed by atoms with Gasteiger partial charge in [0, 0.05) is 21.6 Å². The molecule has 1 aliphatic rings. The van der Waals surface area contributed by atoms with Crippen LogP contribution >= 0.6 is 0 Å². The molecule has 9 nitrogen and oxygen atoms in total. The molecule has 1 fully saturated rings. The first kappa shape index (κ1) is 35.3. The summed E-state index contributed by atoms with van der Waals surface area (Å²) in [5, 5.41) is 9.21. The van der Waals surface area contributed by atoms with E-state index in [4.69, 9.17) is 18.9 Å². The van der Waals surface area contributed by atoms with Gasteiger partial charge in [-0.3, -0.25) is 14.4 Å². The maximum atomic E-state index is 14.1. The number of hydrogen-bond acceptors (Lipinski definition) is 9. The molecule has 2 atom stereocenters. The summed E-state index contributed by atoms with van der Waals surface area (Å²) in [5.74, 6) is -2.99. The van der Waals surface area contributed by atoms with Crippen LogP contribution in [0.2, 0.25) is 51.4 Å². The van der Waals surface area contributed by atoms with E-state index in [0.717, 1.165) is 12.1 Å². The molecule has 0 radical (unpaired) electrons. The van der Waals surface area contributed by atoms with Crippen LogP contribution in [0.4, 0.5) is 0 Å². The monoisotopic (exact) mass is 588 g/mol. The first-order valence-electron chi connectivity index (χ1n) is 13.7. The van der Waals surface area contributed by atoms with Crippen molar-refractivity contribution in [3.8, 4) is 0 Å². The second kappa shape index (κ2) is 12.0. The number of carbonyl (C=O) groups is 4. The second-order valence-corrected chi connectivity index (χ2v) is 26.2. The van der Waals surface area contributed by atoms with Gasteiger partial charge >= 0.3 is 23.9 Å². The maximum Gasteiger partial charge on any atom is 0.348 e. The SMILES string of the molecule is CC1(C)COC(=O)C1OC(=O)C(C)(C(C)(C)C(=O)OCCO)C(C)(C)C(=O)OC(C[Si](C)(C)C)C[Si](C)(C)C. The van der Waals surface area contributed by atoms with Crippen molar-refractivity contribution in [2.45, 2.75) is 112 Å². The van der Waals surface area contributed by atoms with E-state index in [9.17, 15) is 24.3 Å². The van der Waals surface area contributed by atoms with Gasteiger partial charge in [0.05, 0.1) is 29.0 Å². The fourth-order valence-corrected chi connectivity index (χ4v) is 8.47. The molecule has 0 amide bonds. The van der Waals surface area contributed by atoms with Gasteiger partial charge in [-0.15, -0.1) is 0 Å². The summed E-state index contributed by atoms with van der Waals surface area (Å²) in [7, 11) is -3.25. The van der Waals surface area contributed by atoms with E-state index in [1.54, 1.807) is 27.7 Å². The molecule has 226 valence electrons. The van der Waals surface area contributed by atoms with Gasteiger partial charge in [0.15, 0.2) is 0 Å². The van der Waals surface area contributed by atoms with Crippen LogP contribution < -0.4 is 0 Å². The molecule has 0 aromatic heterocycles. The third-order valence-electron chi connectivity index (χ3n) is 7.94. The fraction of sp³-hybridized carbons (Fsp3) is 0.857. The maximum absolute atomic E-state index is 14.1. The van der Waals surface area contributed by atoms with Crippen LogP contribution in [0.25, 0.3) is 0 Å². The van der Waals surface area contributed by atoms with Gasteiger partial charge < -0.3 is 24.1 Å². The highest BCUT2D eigenvalue weighted by Gasteiger charge is 2.66. The van der Waals surface area contributed by atoms with Gasteiger partial charge in [-0.1, -0.05) is 53.1 Å². The molecule has 0 aliphatic carbocycles. The third-order valence-corrected chi connectivity index (χ3v) is 11.3. The molecule has 1 saturated heterocycles. The van der Waals surface area contributed by atoms with Crippen molar-refractivity contribution >= 4 is 40.0 Å². The molecule has 11 heteroatoms. The number of ether oxygens (including phenoxy) is 4. The molecule has 1 rings (SSSR count). The lowest BCUT2D eigenvalue weighted by Crippen LogP contribution is -2.60. The molecule has 0 aromatic rings. The summed E-state index contributed by atoms with van der Waals surface area (Å²) in [6.45, 7) is 23.8. The Labute approximate surface area is 236 Å². The average molecular weight is 589 g/mol. The molecule has 0 saturated carbocycles. The summed E-state index contributed by atoms with van der Waals surface area (Å²) in [6.07, 6.45) is -1.52. The smallest absolute Gasteiger partial charge is 0.348 e. The normalized spacial score (nSPS) is 19.8. The zero-order chi connectivity index (χ0) is 30.8. The van der Waals surface area contributed by atoms with Crippen molar-refractivity contribution in [2.24, 2.45) is 21.7 Å². The Morgan fingerprint density at radius 3 is 1.77 bits per heavy atom. The van der Waals surface area contributed by atoms with Gasteiger partial charge in [-0.05, 0) is 46.7 Å². The van der Waals surface area contributed by atoms with Crippen LogP contribution in [0.3, 0.4) is 0 Å². The lowest BCUT2D eigenvalue weighted by atomic mass is 9.53. The Hall–Kier alpha value is -1.73. The summed E-state index contributed by atoms with van der Waals surface area (Å²) >= 11 is 0. The molecular formula is C28H52O9Si2. The van der Waals surface area contributed by atoms with E-state index in [0.29, 0.717) is 0 Å². The van der Waals surface area contributed by atoms with Gasteiger partial charge in [0.2, 0.25) is 6.10 Å². The van der Waals surface area contributed by atoms with Crippen molar-refractivity contribution in [2.75, 3.05) is 19.8 Å². The minimum atomic E-state index is -1.83. The number of aliphatic hydroxyl groups is 1. The largest absolute Gasteiger partial charge is 0.463 e. The van der Waals surface area contributed by atoms with E-state index < -0.39 is 74.4 Å². The number of hydrogen-bond donors (Lipinski definition) is 1. The van der Waals surface area contributed by atoms with Crippen LogP contribution in [0.1, 0.15) is 48.5 Å². The molecule has 0 spiro atoms. The topological polar surface area (TPSA) is 125 Å². The number of esters is 4. The van der Waals surface area contributed by atoms with Crippen LogP contribution in [0.5, 0.6) is 0 Å². The number of carbonyl (C=O) groups excluding carboxylic acids is 4. The summed E-state index contributed by atoms with van der Waals surface area (Å²) in [5.41, 5.74) is -5.80. The minimum Gasteiger partial charge on any atom is -0.463 e. The molecule has 1 heterocycles. The van der Waals surface area contributed by atoms with E-state index in [1.165, 1.54) is 20.8 Å². The van der Waals surface area contributed by atoms with Gasteiger partial charge in [-0.2, -0.15) is 0 Å². The van der Waals surface area contributed by atoms with E-state index in [2.05, 4.69) is 39.3 Å². The van der Waals surface area contributed by atoms with Crippen molar-refractivity contribution in [1.82, 2.24) is 0 Å². The van der Waals surface area contributed by atoms with Crippen molar-refractivity contribution in [3.63, 3.8) is 0 Å². The Bertz CT molecular complexity index is 912. The highest BCUT2D eigenvalue weighted by Crippen LogP contribution is 2.55. The van der Waals surface area contributed by atoms with Crippen LogP contribution in [-0.2, 0) is 38.1 Å². The molecule has 39 heavy (non-hydrogen) atoms. The summed E-state index contributed by atoms with van der Waals surface area (Å²) < 4.78 is 22.4. The highest BCUT2D eigenvalue weighted by molar-refractivity contribution is 6.78. The molecular weight excluding hydrogens is 536 g/mol. The Kier molecular flexibility index (Phi) is 10.9. The fourth-order valence-electron chi connectivity index (χ4n) is 5.00. The van der Waals surface area contributed by atoms with Gasteiger partial charge in [0.1, 0.15) is 13.2 Å². The quantitative estimate of drug-likeness (QED) is 0.186. The molecule has 1 N–H and O–H groups in total. The lowest BCUT2D eigenvalue weighted by molar-refractivity contribution is -0.204. The van der Waals surface area contributed by atoms with E-state index in [1.807, 2.05) is 0 Å². The zero-order valence-corrected chi connectivity index (χ0v) is 28.4. The van der Waals surface area contributed by atoms with Crippen LogP contribution in [0.15, 0.2) is 0 Å². The summed E-state index contributed by atoms with van der Waals surface area (Å²) in [6, 6.07) is 1.54. The first-order valence-corrected chi connectivity index (χ1v) is 21.1. The van der Waals surface area contributed by atoms with Crippen molar-refractivity contribution in [3.05, 3.63) is 0 Å². The molecule has 2 unspecified atom stereocenters. The number of aliphatic hydroxyl groups excluding tert-OH is 1. The predicted octanol–water partition coefficient (Wildman–Crippen LogP) is 4.66. The Morgan fingerprint density at radius 1 is 0.923 bits per heavy atom. The van der Waals surface area contributed by atoms with Gasteiger partial charge in [0.25, 0.3) is 0 Å². The number of rotatable bonds is 13. The van der Waals surface area contributed by atoms with E-state index in [-0.39, 0.29) is 19.3 Å². The minimum absolute atomic E-state index is 0.0723. The lowest BCUT2D eigenvalue weighted by Gasteiger charge is -2.49. The van der Waals surface area contributed by atoms with Crippen LogP contribution in [-0.4, -0.2) is 77.2 Å². The third kappa shape index (κ3) is 8.16. The van der Waals surface area contributed by atoms with Crippen LogP contribution in [0, 0.1) is 21.7 Å². The van der Waals surface area contributed by atoms with Crippen molar-refractivity contribution < 1.29 is 43.2 Å². The van der Waals surface area contributed by atoms with Crippen molar-refractivity contribution in [1.29, 1.82) is 0 Å². The Morgan fingerprint density at radius 2 is 1.38 bits per heavy atom. The highest BCUT2D eigenvalue weighted by atomic mass is 28.3. The standard InChI is InChI=1S/C28H52O9Si2/c1-25(2)18-35-21(30)20(25)37-24(33)28(7,26(3,4)22(31)34-15-14-29)27(5,6)23(32)36-19(16-38(8,9)10)17-39(11,12)13/h19-20,29H,14-18H2,1-13H3. The first-order chi connectivity index (χ1) is 17.3. The number of cyclic esters (lactones) is 1.